The number of aromatic nitrogens is 2. The van der Waals surface area contributed by atoms with E-state index in [4.69, 9.17) is 0 Å². The second-order valence-corrected chi connectivity index (χ2v) is 4.81. The first-order valence-electron chi connectivity index (χ1n) is 7.46. The predicted octanol–water partition coefficient (Wildman–Crippen LogP) is 1.44. The number of nitrogens with zero attached hydrogens (tertiary/aromatic N) is 2. The van der Waals surface area contributed by atoms with Gasteiger partial charge in [0, 0.05) is 50.0 Å². The van der Waals surface area contributed by atoms with Crippen molar-refractivity contribution in [3.63, 3.8) is 0 Å². The van der Waals surface area contributed by atoms with E-state index in [0.29, 0.717) is 13.1 Å². The Morgan fingerprint density at radius 1 is 0.750 bits per heavy atom. The second kappa shape index (κ2) is 9.68. The molecule has 0 radical (unpaired) electrons. The Kier molecular flexibility index (Phi) is 6.89. The average molecular weight is 322 g/mol. The number of pyridine rings is 2. The maximum atomic E-state index is 11.6. The van der Waals surface area contributed by atoms with Crippen LogP contribution in [0.25, 0.3) is 12.2 Å². The largest absolute Gasteiger partial charge is 0.351 e. The van der Waals surface area contributed by atoms with Gasteiger partial charge in [0.2, 0.25) is 11.8 Å². The van der Waals surface area contributed by atoms with Gasteiger partial charge >= 0.3 is 0 Å². The van der Waals surface area contributed by atoms with Crippen molar-refractivity contribution in [1.29, 1.82) is 0 Å². The lowest BCUT2D eigenvalue weighted by molar-refractivity contribution is -0.118. The second-order valence-electron chi connectivity index (χ2n) is 4.81. The average Bonchev–Trinajstić information content (AvgIpc) is 2.63. The molecule has 2 N–H and O–H groups in total. The predicted molar refractivity (Wildman–Crippen MR) is 92.6 cm³/mol. The molecule has 0 aliphatic carbocycles. The summed E-state index contributed by atoms with van der Waals surface area (Å²) in [6, 6.07) is 7.22. The van der Waals surface area contributed by atoms with Crippen LogP contribution in [0.15, 0.2) is 61.2 Å². The molecular formula is C18H18N4O2. The van der Waals surface area contributed by atoms with Gasteiger partial charge < -0.3 is 10.6 Å². The van der Waals surface area contributed by atoms with Gasteiger partial charge in [-0.2, -0.15) is 0 Å². The molecule has 0 bridgehead atoms. The van der Waals surface area contributed by atoms with Gasteiger partial charge in [0.15, 0.2) is 0 Å². The van der Waals surface area contributed by atoms with Gasteiger partial charge in [-0.3, -0.25) is 19.6 Å². The van der Waals surface area contributed by atoms with Gasteiger partial charge in [-0.15, -0.1) is 0 Å². The van der Waals surface area contributed by atoms with Gasteiger partial charge in [-0.25, -0.2) is 0 Å². The van der Waals surface area contributed by atoms with E-state index in [1.807, 2.05) is 0 Å². The van der Waals surface area contributed by atoms with E-state index in [9.17, 15) is 9.59 Å². The first-order chi connectivity index (χ1) is 11.7. The van der Waals surface area contributed by atoms with Crippen molar-refractivity contribution >= 4 is 24.0 Å². The van der Waals surface area contributed by atoms with Crippen LogP contribution >= 0.6 is 0 Å². The number of nitrogens with one attached hydrogen (secondary N) is 2. The van der Waals surface area contributed by atoms with Gasteiger partial charge in [0.25, 0.3) is 0 Å². The number of carbonyl (C=O) groups is 2. The molecule has 2 heterocycles. The Balaban J connectivity index is 1.63. The third-order valence-electron chi connectivity index (χ3n) is 2.99. The monoisotopic (exact) mass is 322 g/mol. The van der Waals surface area contributed by atoms with E-state index in [1.54, 1.807) is 61.2 Å². The lowest BCUT2D eigenvalue weighted by atomic mass is 10.2. The van der Waals surface area contributed by atoms with Crippen LogP contribution in [0.3, 0.4) is 0 Å². The molecule has 0 saturated heterocycles. The van der Waals surface area contributed by atoms with E-state index in [1.165, 1.54) is 12.2 Å². The van der Waals surface area contributed by atoms with Crippen LogP contribution in [0.1, 0.15) is 11.1 Å². The minimum atomic E-state index is -0.214. The van der Waals surface area contributed by atoms with Gasteiger partial charge in [-0.05, 0) is 47.5 Å². The highest BCUT2D eigenvalue weighted by atomic mass is 16.2. The van der Waals surface area contributed by atoms with Crippen LogP contribution in [0, 0.1) is 0 Å². The quantitative estimate of drug-likeness (QED) is 0.597. The molecule has 24 heavy (non-hydrogen) atoms. The summed E-state index contributed by atoms with van der Waals surface area (Å²) in [6.07, 6.45) is 12.9. The van der Waals surface area contributed by atoms with Crippen molar-refractivity contribution in [3.05, 3.63) is 72.3 Å². The van der Waals surface area contributed by atoms with E-state index in [2.05, 4.69) is 20.6 Å². The minimum Gasteiger partial charge on any atom is -0.351 e. The number of rotatable bonds is 7. The van der Waals surface area contributed by atoms with Crippen molar-refractivity contribution in [3.8, 4) is 0 Å². The highest BCUT2D eigenvalue weighted by molar-refractivity contribution is 5.92. The fraction of sp³-hybridized carbons (Fsp3) is 0.111. The molecule has 122 valence electrons. The SMILES string of the molecule is O=C(/C=C/c1ccncc1)NCCNC(=O)/C=C/c1ccncc1. The normalized spacial score (nSPS) is 10.8. The maximum absolute atomic E-state index is 11.6. The number of carbonyl (C=O) groups excluding carboxylic acids is 2. The third kappa shape index (κ3) is 6.65. The van der Waals surface area contributed by atoms with Crippen LogP contribution in [0.2, 0.25) is 0 Å². The number of hydrogen-bond acceptors (Lipinski definition) is 4. The van der Waals surface area contributed by atoms with E-state index >= 15 is 0 Å². The topological polar surface area (TPSA) is 84.0 Å². The Hall–Kier alpha value is -3.28. The third-order valence-corrected chi connectivity index (χ3v) is 2.99. The molecule has 0 aliphatic heterocycles. The van der Waals surface area contributed by atoms with Gasteiger partial charge in [-0.1, -0.05) is 0 Å². The number of amides is 2. The fourth-order valence-electron chi connectivity index (χ4n) is 1.78. The summed E-state index contributed by atoms with van der Waals surface area (Å²) < 4.78 is 0. The van der Waals surface area contributed by atoms with Crippen LogP contribution in [0.5, 0.6) is 0 Å². The molecule has 2 amide bonds. The van der Waals surface area contributed by atoms with Crippen molar-refractivity contribution in [2.24, 2.45) is 0 Å². The lowest BCUT2D eigenvalue weighted by Crippen LogP contribution is -2.33. The summed E-state index contributed by atoms with van der Waals surface area (Å²) in [6.45, 7) is 0.711. The minimum absolute atomic E-state index is 0.214. The maximum Gasteiger partial charge on any atom is 0.244 e. The van der Waals surface area contributed by atoms with E-state index in [-0.39, 0.29) is 11.8 Å². The summed E-state index contributed by atoms with van der Waals surface area (Å²) in [5.74, 6) is -0.429. The molecule has 2 aromatic rings. The summed E-state index contributed by atoms with van der Waals surface area (Å²) >= 11 is 0. The van der Waals surface area contributed by atoms with Crippen LogP contribution < -0.4 is 10.6 Å². The Labute approximate surface area is 140 Å². The molecule has 0 fully saturated rings. The molecule has 0 aliphatic rings. The summed E-state index contributed by atoms with van der Waals surface area (Å²) in [5, 5.41) is 5.39. The highest BCUT2D eigenvalue weighted by Crippen LogP contribution is 1.99. The molecule has 0 aromatic carbocycles. The molecule has 2 aromatic heterocycles. The fourth-order valence-corrected chi connectivity index (χ4v) is 1.78. The van der Waals surface area contributed by atoms with E-state index in [0.717, 1.165) is 11.1 Å². The van der Waals surface area contributed by atoms with E-state index < -0.39 is 0 Å². The van der Waals surface area contributed by atoms with Crippen LogP contribution in [-0.4, -0.2) is 34.9 Å². The lowest BCUT2D eigenvalue weighted by Gasteiger charge is -2.03. The summed E-state index contributed by atoms with van der Waals surface area (Å²) in [7, 11) is 0. The van der Waals surface area contributed by atoms with Gasteiger partial charge in [0.05, 0.1) is 0 Å². The zero-order chi connectivity index (χ0) is 17.0. The smallest absolute Gasteiger partial charge is 0.244 e. The van der Waals surface area contributed by atoms with Crippen molar-refractivity contribution in [2.45, 2.75) is 0 Å². The Morgan fingerprint density at radius 2 is 1.12 bits per heavy atom. The molecule has 0 spiro atoms. The summed E-state index contributed by atoms with van der Waals surface area (Å²) in [4.78, 5) is 31.1. The molecule has 6 nitrogen and oxygen atoms in total. The first kappa shape index (κ1) is 17.1. The number of hydrogen-bond donors (Lipinski definition) is 2. The summed E-state index contributed by atoms with van der Waals surface area (Å²) in [5.41, 5.74) is 1.80. The van der Waals surface area contributed by atoms with Gasteiger partial charge in [0.1, 0.15) is 0 Å². The molecule has 6 heteroatoms. The molecular weight excluding hydrogens is 304 g/mol. The molecule has 0 atom stereocenters. The van der Waals surface area contributed by atoms with Crippen molar-refractivity contribution in [2.75, 3.05) is 13.1 Å². The zero-order valence-corrected chi connectivity index (χ0v) is 13.1. The van der Waals surface area contributed by atoms with Crippen molar-refractivity contribution in [1.82, 2.24) is 20.6 Å². The van der Waals surface area contributed by atoms with Crippen LogP contribution in [0.4, 0.5) is 0 Å². The molecule has 0 saturated carbocycles. The van der Waals surface area contributed by atoms with Crippen molar-refractivity contribution < 1.29 is 9.59 Å². The molecule has 2 rings (SSSR count). The standard InChI is InChI=1S/C18H18N4O2/c23-17(3-1-15-5-9-19-10-6-15)21-13-14-22-18(24)4-2-16-7-11-20-12-8-16/h1-12H,13-14H2,(H,21,23)(H,22,24)/b3-1+,4-2+. The highest BCUT2D eigenvalue weighted by Gasteiger charge is 1.97. The Morgan fingerprint density at radius 3 is 1.50 bits per heavy atom. The first-order valence-corrected chi connectivity index (χ1v) is 7.46. The zero-order valence-electron chi connectivity index (χ0n) is 13.1. The Bertz CT molecular complexity index is 649. The van der Waals surface area contributed by atoms with Crippen LogP contribution in [-0.2, 0) is 9.59 Å². The molecule has 0 unspecified atom stereocenters.